The predicted octanol–water partition coefficient (Wildman–Crippen LogP) is 3.88. The lowest BCUT2D eigenvalue weighted by atomic mass is 10.3. The minimum absolute atomic E-state index is 0.202. The number of carbonyl (C=O) groups is 1. The zero-order valence-corrected chi connectivity index (χ0v) is 16.4. The summed E-state index contributed by atoms with van der Waals surface area (Å²) in [5.41, 5.74) is 2.22. The lowest BCUT2D eigenvalue weighted by Gasteiger charge is -2.09. The van der Waals surface area contributed by atoms with Gasteiger partial charge in [-0.3, -0.25) is 0 Å². The van der Waals surface area contributed by atoms with Gasteiger partial charge in [0.15, 0.2) is 6.61 Å². The number of benzene rings is 1. The Morgan fingerprint density at radius 3 is 2.41 bits per heavy atom. The normalized spacial score (nSPS) is 10.7. The summed E-state index contributed by atoms with van der Waals surface area (Å²) in [7, 11) is 0. The van der Waals surface area contributed by atoms with Crippen molar-refractivity contribution in [1.29, 1.82) is 0 Å². The molecule has 2 aromatic heterocycles. The first kappa shape index (κ1) is 19.1. The van der Waals surface area contributed by atoms with Crippen LogP contribution in [0.15, 0.2) is 30.3 Å². The molecule has 0 saturated carbocycles. The second kappa shape index (κ2) is 7.94. The molecule has 0 unspecified atom stereocenters. The fourth-order valence-corrected chi connectivity index (χ4v) is 2.83. The maximum atomic E-state index is 12.2. The summed E-state index contributed by atoms with van der Waals surface area (Å²) in [6.45, 7) is 5.15. The highest BCUT2D eigenvalue weighted by Gasteiger charge is 2.16. The predicted molar refractivity (Wildman–Crippen MR) is 101 cm³/mol. The summed E-state index contributed by atoms with van der Waals surface area (Å²) in [6, 6.07) is 8.18. The minimum Gasteiger partial charge on any atom is -0.480 e. The largest absolute Gasteiger partial charge is 0.480 e. The Morgan fingerprint density at radius 1 is 1.04 bits per heavy atom. The molecule has 9 heteroatoms. The average Bonchev–Trinajstić information content (AvgIpc) is 2.93. The molecule has 27 heavy (non-hydrogen) atoms. The van der Waals surface area contributed by atoms with Crippen LogP contribution in [-0.2, 0) is 4.79 Å². The van der Waals surface area contributed by atoms with Crippen LogP contribution in [0.5, 0.6) is 11.6 Å². The van der Waals surface area contributed by atoms with Crippen molar-refractivity contribution in [2.24, 2.45) is 0 Å². The van der Waals surface area contributed by atoms with E-state index in [1.165, 1.54) is 10.7 Å². The van der Waals surface area contributed by atoms with Crippen molar-refractivity contribution in [3.05, 3.63) is 57.5 Å². The molecule has 2 heterocycles. The van der Waals surface area contributed by atoms with Gasteiger partial charge in [-0.1, -0.05) is 23.2 Å². The smallest absolute Gasteiger partial charge is 0.350 e. The Balaban J connectivity index is 1.74. The molecule has 0 aliphatic rings. The Bertz CT molecular complexity index is 984. The fourth-order valence-electron chi connectivity index (χ4n) is 2.37. The van der Waals surface area contributed by atoms with Crippen LogP contribution < -0.4 is 9.47 Å². The molecule has 0 N–H and O–H groups in total. The van der Waals surface area contributed by atoms with Crippen LogP contribution in [0.2, 0.25) is 10.0 Å². The van der Waals surface area contributed by atoms with Gasteiger partial charge in [-0.15, -0.1) is 0 Å². The van der Waals surface area contributed by atoms with E-state index in [-0.39, 0.29) is 12.5 Å². The van der Waals surface area contributed by atoms with Gasteiger partial charge in [0.05, 0.1) is 10.7 Å². The van der Waals surface area contributed by atoms with E-state index in [1.807, 2.05) is 19.9 Å². The third-order valence-corrected chi connectivity index (χ3v) is 3.95. The van der Waals surface area contributed by atoms with Gasteiger partial charge in [0.1, 0.15) is 5.75 Å². The number of nitrogens with zero attached hydrogens (tertiary/aromatic N) is 4. The molecule has 1 aromatic carbocycles. The summed E-state index contributed by atoms with van der Waals surface area (Å²) in [5, 5.41) is 5.08. The first-order valence-electron chi connectivity index (χ1n) is 7.99. The molecule has 7 nitrogen and oxygen atoms in total. The highest BCUT2D eigenvalue weighted by molar-refractivity contribution is 6.35. The number of ether oxygens (including phenoxy) is 2. The summed E-state index contributed by atoms with van der Waals surface area (Å²) in [5.74, 6) is 0.241. The summed E-state index contributed by atoms with van der Waals surface area (Å²) in [4.78, 5) is 20.9. The number of aromatic nitrogens is 4. The molecule has 0 atom stereocenters. The van der Waals surface area contributed by atoms with Gasteiger partial charge < -0.3 is 9.47 Å². The van der Waals surface area contributed by atoms with Gasteiger partial charge >= 0.3 is 5.97 Å². The lowest BCUT2D eigenvalue weighted by Crippen LogP contribution is -2.20. The molecule has 140 valence electrons. The highest BCUT2D eigenvalue weighted by atomic mass is 35.5. The van der Waals surface area contributed by atoms with Crippen molar-refractivity contribution in [1.82, 2.24) is 19.7 Å². The Kier molecular flexibility index (Phi) is 5.62. The van der Waals surface area contributed by atoms with Gasteiger partial charge in [0.25, 0.3) is 5.95 Å². The summed E-state index contributed by atoms with van der Waals surface area (Å²) < 4.78 is 12.1. The Labute approximate surface area is 165 Å². The topological polar surface area (TPSA) is 79.1 Å². The van der Waals surface area contributed by atoms with Crippen LogP contribution in [0.25, 0.3) is 5.95 Å². The van der Waals surface area contributed by atoms with Crippen LogP contribution in [0, 0.1) is 20.8 Å². The van der Waals surface area contributed by atoms with Gasteiger partial charge in [0, 0.05) is 22.5 Å². The third-order valence-electron chi connectivity index (χ3n) is 3.42. The number of carbonyl (C=O) groups excluding carboxylic acids is 1. The Hall–Kier alpha value is -2.64. The standard InChI is InChI=1S/C18H16Cl2N4O3/c1-10-6-11(2)22-18(21-10)24-16(7-12(3)23-24)27-17(25)9-26-15-5-4-13(19)8-14(15)20/h4-8H,9H2,1-3H3. The van der Waals surface area contributed by atoms with E-state index < -0.39 is 5.97 Å². The van der Waals surface area contributed by atoms with Crippen molar-refractivity contribution in [3.8, 4) is 17.6 Å². The molecule has 0 spiro atoms. The average molecular weight is 407 g/mol. The molecule has 0 aliphatic carbocycles. The SMILES string of the molecule is Cc1cc(C)nc(-n2nc(C)cc2OC(=O)COc2ccc(Cl)cc2Cl)n1. The minimum atomic E-state index is -0.619. The molecule has 0 fully saturated rings. The first-order chi connectivity index (χ1) is 12.8. The van der Waals surface area contributed by atoms with Crippen molar-refractivity contribution in [2.45, 2.75) is 20.8 Å². The van der Waals surface area contributed by atoms with Gasteiger partial charge in [0.2, 0.25) is 5.88 Å². The van der Waals surface area contributed by atoms with E-state index in [0.717, 1.165) is 11.4 Å². The van der Waals surface area contributed by atoms with Gasteiger partial charge in [-0.05, 0) is 45.0 Å². The van der Waals surface area contributed by atoms with Crippen LogP contribution in [0.3, 0.4) is 0 Å². The molecule has 0 amide bonds. The maximum absolute atomic E-state index is 12.2. The van der Waals surface area contributed by atoms with E-state index in [9.17, 15) is 4.79 Å². The number of halogens is 2. The molecular formula is C18H16Cl2N4O3. The van der Waals surface area contributed by atoms with E-state index >= 15 is 0 Å². The van der Waals surface area contributed by atoms with Crippen LogP contribution in [0.4, 0.5) is 0 Å². The van der Waals surface area contributed by atoms with Crippen molar-refractivity contribution >= 4 is 29.2 Å². The highest BCUT2D eigenvalue weighted by Crippen LogP contribution is 2.27. The first-order valence-corrected chi connectivity index (χ1v) is 8.75. The number of hydrogen-bond donors (Lipinski definition) is 0. The molecule has 0 radical (unpaired) electrons. The van der Waals surface area contributed by atoms with E-state index in [0.29, 0.717) is 27.4 Å². The lowest BCUT2D eigenvalue weighted by molar-refractivity contribution is -0.137. The van der Waals surface area contributed by atoms with E-state index in [1.54, 1.807) is 25.1 Å². The van der Waals surface area contributed by atoms with Crippen LogP contribution in [0.1, 0.15) is 17.1 Å². The van der Waals surface area contributed by atoms with E-state index in [2.05, 4.69) is 15.1 Å². The van der Waals surface area contributed by atoms with Gasteiger partial charge in [-0.2, -0.15) is 9.78 Å². The fraction of sp³-hybridized carbons (Fsp3) is 0.222. The van der Waals surface area contributed by atoms with Crippen LogP contribution in [-0.4, -0.2) is 32.3 Å². The second-order valence-corrected chi connectivity index (χ2v) is 6.67. The van der Waals surface area contributed by atoms with E-state index in [4.69, 9.17) is 32.7 Å². The molecule has 0 bridgehead atoms. The molecule has 3 aromatic rings. The maximum Gasteiger partial charge on any atom is 0.350 e. The quantitative estimate of drug-likeness (QED) is 0.598. The molecule has 0 saturated heterocycles. The third kappa shape index (κ3) is 4.75. The Morgan fingerprint density at radius 2 is 1.74 bits per heavy atom. The van der Waals surface area contributed by atoms with Crippen molar-refractivity contribution in [2.75, 3.05) is 6.61 Å². The number of esters is 1. The van der Waals surface area contributed by atoms with Gasteiger partial charge in [-0.25, -0.2) is 14.8 Å². The second-order valence-electron chi connectivity index (χ2n) is 5.82. The summed E-state index contributed by atoms with van der Waals surface area (Å²) >= 11 is 11.9. The zero-order valence-electron chi connectivity index (χ0n) is 14.9. The van der Waals surface area contributed by atoms with Crippen molar-refractivity contribution in [3.63, 3.8) is 0 Å². The summed E-state index contributed by atoms with van der Waals surface area (Å²) in [6.07, 6.45) is 0. The zero-order chi connectivity index (χ0) is 19.6. The number of hydrogen-bond acceptors (Lipinski definition) is 6. The monoisotopic (exact) mass is 406 g/mol. The number of aryl methyl sites for hydroxylation is 3. The molecular weight excluding hydrogens is 391 g/mol. The molecule has 0 aliphatic heterocycles. The number of rotatable bonds is 5. The molecule has 3 rings (SSSR count). The van der Waals surface area contributed by atoms with Crippen LogP contribution >= 0.6 is 23.2 Å². The van der Waals surface area contributed by atoms with Crippen molar-refractivity contribution < 1.29 is 14.3 Å².